The van der Waals surface area contributed by atoms with E-state index in [1.807, 2.05) is 0 Å². The van der Waals surface area contributed by atoms with Crippen molar-refractivity contribution in [3.63, 3.8) is 0 Å². The highest BCUT2D eigenvalue weighted by Gasteiger charge is 2.19. The highest BCUT2D eigenvalue weighted by molar-refractivity contribution is 5.71. The van der Waals surface area contributed by atoms with Crippen molar-refractivity contribution < 1.29 is 28.6 Å². The monoisotopic (exact) mass is 743 g/mol. The molecule has 6 heteroatoms. The van der Waals surface area contributed by atoms with Gasteiger partial charge in [0.2, 0.25) is 0 Å². The van der Waals surface area contributed by atoms with Crippen molar-refractivity contribution >= 4 is 17.9 Å². The molecule has 0 N–H and O–H groups in total. The Bertz CT molecular complexity index is 949. The van der Waals surface area contributed by atoms with Crippen LogP contribution < -0.4 is 0 Å². The smallest absolute Gasteiger partial charge is 0.306 e. The summed E-state index contributed by atoms with van der Waals surface area (Å²) in [6.07, 6.45) is 48.1. The predicted octanol–water partition coefficient (Wildman–Crippen LogP) is 14.0. The molecule has 0 radical (unpaired) electrons. The molecule has 6 nitrogen and oxygen atoms in total. The van der Waals surface area contributed by atoms with E-state index in [4.69, 9.17) is 14.2 Å². The number of rotatable bonds is 39. The van der Waals surface area contributed by atoms with Crippen molar-refractivity contribution in [2.24, 2.45) is 0 Å². The predicted molar refractivity (Wildman–Crippen MR) is 224 cm³/mol. The normalized spacial score (nSPS) is 12.4. The molecule has 0 aliphatic heterocycles. The summed E-state index contributed by atoms with van der Waals surface area (Å²) in [5, 5.41) is 0. The maximum atomic E-state index is 12.7. The van der Waals surface area contributed by atoms with Crippen molar-refractivity contribution in [1.82, 2.24) is 0 Å². The second-order valence-electron chi connectivity index (χ2n) is 14.7. The Balaban J connectivity index is 4.40. The molecule has 1 atom stereocenters. The standard InChI is InChI=1S/C47H82O6/c1-4-7-10-13-16-19-21-22-23-24-26-28-31-34-37-40-46(49)52-43-44(42-51-45(48)39-36-33-30-27-18-15-12-9-6-3)53-47(50)41-38-35-32-29-25-20-17-14-11-8-5-2/h14,16-17,19-22,25,44H,4-13,15,18,23-24,26-43H2,1-3H3/b17-14-,19-16-,22-21-,25-20-. The zero-order valence-corrected chi connectivity index (χ0v) is 34.8. The number of hydrogen-bond donors (Lipinski definition) is 0. The first kappa shape index (κ1) is 50.4. The fourth-order valence-electron chi connectivity index (χ4n) is 5.94. The first-order chi connectivity index (χ1) is 26.0. The van der Waals surface area contributed by atoms with Gasteiger partial charge in [0.15, 0.2) is 6.10 Å². The lowest BCUT2D eigenvalue weighted by Gasteiger charge is -2.18. The van der Waals surface area contributed by atoms with Crippen molar-refractivity contribution in [3.8, 4) is 0 Å². The SMILES string of the molecule is CCCC/C=C\C=C/CCCCCC(=O)OC(COC(=O)CCCCCCCC/C=C\C=C/CCCCC)COC(=O)CCCCCCCCCCC. The zero-order valence-electron chi connectivity index (χ0n) is 34.8. The minimum atomic E-state index is -0.786. The fourth-order valence-corrected chi connectivity index (χ4v) is 5.94. The Morgan fingerprint density at radius 1 is 0.377 bits per heavy atom. The number of hydrogen-bond acceptors (Lipinski definition) is 6. The van der Waals surface area contributed by atoms with Gasteiger partial charge in [-0.3, -0.25) is 14.4 Å². The van der Waals surface area contributed by atoms with Crippen LogP contribution in [0.3, 0.4) is 0 Å². The molecule has 53 heavy (non-hydrogen) atoms. The van der Waals surface area contributed by atoms with E-state index in [0.717, 1.165) is 77.0 Å². The summed E-state index contributed by atoms with van der Waals surface area (Å²) < 4.78 is 16.6. The number of ether oxygens (including phenoxy) is 3. The maximum absolute atomic E-state index is 12.7. The van der Waals surface area contributed by atoms with Crippen LogP contribution in [0.15, 0.2) is 48.6 Å². The van der Waals surface area contributed by atoms with Gasteiger partial charge < -0.3 is 14.2 Å². The number of carbonyl (C=O) groups is 3. The van der Waals surface area contributed by atoms with Crippen molar-refractivity contribution in [1.29, 1.82) is 0 Å². The topological polar surface area (TPSA) is 78.9 Å². The minimum absolute atomic E-state index is 0.0870. The van der Waals surface area contributed by atoms with E-state index in [2.05, 4.69) is 69.4 Å². The molecule has 0 rings (SSSR count). The molecule has 0 saturated heterocycles. The Kier molecular flexibility index (Phi) is 40.0. The second-order valence-corrected chi connectivity index (χ2v) is 14.7. The van der Waals surface area contributed by atoms with Gasteiger partial charge in [0.25, 0.3) is 0 Å². The van der Waals surface area contributed by atoms with Crippen LogP contribution in [0, 0.1) is 0 Å². The molecule has 0 bridgehead atoms. The molecule has 0 aromatic carbocycles. The van der Waals surface area contributed by atoms with E-state index in [9.17, 15) is 14.4 Å². The molecular weight excluding hydrogens is 661 g/mol. The molecule has 0 heterocycles. The molecule has 0 aliphatic carbocycles. The second kappa shape index (κ2) is 42.1. The molecule has 1 unspecified atom stereocenters. The van der Waals surface area contributed by atoms with Crippen LogP contribution in [0.1, 0.15) is 213 Å². The van der Waals surface area contributed by atoms with Crippen LogP contribution in [0.25, 0.3) is 0 Å². The van der Waals surface area contributed by atoms with Crippen molar-refractivity contribution in [3.05, 3.63) is 48.6 Å². The lowest BCUT2D eigenvalue weighted by Crippen LogP contribution is -2.30. The molecular formula is C47H82O6. The summed E-state index contributed by atoms with van der Waals surface area (Å²) >= 11 is 0. The van der Waals surface area contributed by atoms with Gasteiger partial charge in [0.1, 0.15) is 13.2 Å². The summed E-state index contributed by atoms with van der Waals surface area (Å²) in [6, 6.07) is 0. The Morgan fingerprint density at radius 2 is 0.679 bits per heavy atom. The number of unbranched alkanes of at least 4 members (excludes halogenated alkanes) is 22. The Hall–Kier alpha value is -2.63. The third-order valence-corrected chi connectivity index (χ3v) is 9.36. The molecule has 306 valence electrons. The van der Waals surface area contributed by atoms with Gasteiger partial charge in [-0.25, -0.2) is 0 Å². The minimum Gasteiger partial charge on any atom is -0.462 e. The third-order valence-electron chi connectivity index (χ3n) is 9.36. The fraction of sp³-hybridized carbons (Fsp3) is 0.766. The molecule has 0 fully saturated rings. The van der Waals surface area contributed by atoms with Gasteiger partial charge in [0.05, 0.1) is 0 Å². The van der Waals surface area contributed by atoms with Crippen LogP contribution in [-0.4, -0.2) is 37.2 Å². The lowest BCUT2D eigenvalue weighted by molar-refractivity contribution is -0.167. The highest BCUT2D eigenvalue weighted by Crippen LogP contribution is 2.13. The average molecular weight is 743 g/mol. The zero-order chi connectivity index (χ0) is 38.7. The van der Waals surface area contributed by atoms with E-state index in [-0.39, 0.29) is 31.1 Å². The summed E-state index contributed by atoms with van der Waals surface area (Å²) in [7, 11) is 0. The van der Waals surface area contributed by atoms with Crippen LogP contribution in [-0.2, 0) is 28.6 Å². The van der Waals surface area contributed by atoms with E-state index >= 15 is 0 Å². The molecule has 0 spiro atoms. The first-order valence-corrected chi connectivity index (χ1v) is 22.2. The Labute approximate surface area is 327 Å². The molecule has 0 aromatic rings. The number of esters is 3. The lowest BCUT2D eigenvalue weighted by atomic mass is 10.1. The van der Waals surface area contributed by atoms with E-state index < -0.39 is 6.10 Å². The highest BCUT2D eigenvalue weighted by atomic mass is 16.6. The van der Waals surface area contributed by atoms with Gasteiger partial charge in [-0.2, -0.15) is 0 Å². The van der Waals surface area contributed by atoms with Crippen LogP contribution in [0.4, 0.5) is 0 Å². The molecule has 0 aliphatic rings. The van der Waals surface area contributed by atoms with Crippen LogP contribution >= 0.6 is 0 Å². The largest absolute Gasteiger partial charge is 0.462 e. The van der Waals surface area contributed by atoms with Crippen molar-refractivity contribution in [2.75, 3.05) is 13.2 Å². The number of carbonyl (C=O) groups excluding carboxylic acids is 3. The average Bonchev–Trinajstić information content (AvgIpc) is 3.15. The molecule has 0 aromatic heterocycles. The Morgan fingerprint density at radius 3 is 1.11 bits per heavy atom. The maximum Gasteiger partial charge on any atom is 0.306 e. The summed E-state index contributed by atoms with van der Waals surface area (Å²) in [5.41, 5.74) is 0. The van der Waals surface area contributed by atoms with Gasteiger partial charge in [-0.15, -0.1) is 0 Å². The third kappa shape index (κ3) is 40.4. The first-order valence-electron chi connectivity index (χ1n) is 22.2. The van der Waals surface area contributed by atoms with Gasteiger partial charge in [0, 0.05) is 19.3 Å². The van der Waals surface area contributed by atoms with E-state index in [1.54, 1.807) is 0 Å². The molecule has 0 saturated carbocycles. The van der Waals surface area contributed by atoms with Gasteiger partial charge in [-0.1, -0.05) is 179 Å². The van der Waals surface area contributed by atoms with Gasteiger partial charge in [-0.05, 0) is 64.2 Å². The summed E-state index contributed by atoms with van der Waals surface area (Å²) in [4.78, 5) is 37.6. The summed E-state index contributed by atoms with van der Waals surface area (Å²) in [5.74, 6) is -0.933. The number of allylic oxidation sites excluding steroid dienone is 8. The quantitative estimate of drug-likeness (QED) is 0.0270. The van der Waals surface area contributed by atoms with Crippen LogP contribution in [0.5, 0.6) is 0 Å². The summed E-state index contributed by atoms with van der Waals surface area (Å²) in [6.45, 7) is 6.48. The molecule has 0 amide bonds. The van der Waals surface area contributed by atoms with E-state index in [1.165, 1.54) is 96.3 Å². The van der Waals surface area contributed by atoms with Gasteiger partial charge >= 0.3 is 17.9 Å². The van der Waals surface area contributed by atoms with Crippen molar-refractivity contribution in [2.45, 2.75) is 219 Å². The van der Waals surface area contributed by atoms with E-state index in [0.29, 0.717) is 19.3 Å². The van der Waals surface area contributed by atoms with Crippen LogP contribution in [0.2, 0.25) is 0 Å².